The van der Waals surface area contributed by atoms with Crippen LogP contribution >= 0.6 is 24.0 Å². The van der Waals surface area contributed by atoms with Crippen molar-refractivity contribution in [2.45, 2.75) is 32.8 Å². The summed E-state index contributed by atoms with van der Waals surface area (Å²) in [5, 5.41) is 3.15. The van der Waals surface area contributed by atoms with Crippen LogP contribution in [0.25, 0.3) is 0 Å². The second-order valence-corrected chi connectivity index (χ2v) is 6.73. The Bertz CT molecular complexity index is 606. The van der Waals surface area contributed by atoms with E-state index < -0.39 is 6.36 Å². The molecule has 10 heteroatoms. The first-order chi connectivity index (χ1) is 12.7. The maximum absolute atomic E-state index is 12.2. The normalized spacial score (nSPS) is 17.1. The Morgan fingerprint density at radius 2 is 1.86 bits per heavy atom. The highest BCUT2D eigenvalue weighted by Crippen LogP contribution is 2.22. The van der Waals surface area contributed by atoms with Gasteiger partial charge in [0.25, 0.3) is 0 Å². The van der Waals surface area contributed by atoms with Crippen LogP contribution in [0.4, 0.5) is 13.2 Å². The van der Waals surface area contributed by atoms with Gasteiger partial charge in [-0.15, -0.1) is 37.1 Å². The quantitative estimate of drug-likeness (QED) is 0.332. The molecule has 1 atom stereocenters. The zero-order valence-corrected chi connectivity index (χ0v) is 18.4. The van der Waals surface area contributed by atoms with Gasteiger partial charge < -0.3 is 20.5 Å². The molecule has 6 nitrogen and oxygen atoms in total. The Kier molecular flexibility index (Phi) is 10.3. The Labute approximate surface area is 180 Å². The summed E-state index contributed by atoms with van der Waals surface area (Å²) >= 11 is 0. The molecule has 3 N–H and O–H groups in total. The molecule has 0 saturated carbocycles. The Balaban J connectivity index is 0.00000392. The molecule has 1 saturated heterocycles. The molecule has 0 aliphatic carbocycles. The van der Waals surface area contributed by atoms with Crippen LogP contribution in [0.15, 0.2) is 29.3 Å². The van der Waals surface area contributed by atoms with Crippen LogP contribution in [0.5, 0.6) is 5.75 Å². The minimum absolute atomic E-state index is 0. The number of nitrogens with one attached hydrogen (secondary N) is 1. The van der Waals surface area contributed by atoms with Crippen molar-refractivity contribution in [2.24, 2.45) is 16.6 Å². The number of halogens is 4. The summed E-state index contributed by atoms with van der Waals surface area (Å²) in [6.07, 6.45) is -4.69. The number of nitrogens with zero attached hydrogens (tertiary/aromatic N) is 2. The van der Waals surface area contributed by atoms with Gasteiger partial charge in [-0.25, -0.2) is 4.99 Å². The van der Waals surface area contributed by atoms with Crippen molar-refractivity contribution in [2.75, 3.05) is 32.8 Å². The third-order valence-electron chi connectivity index (χ3n) is 4.37. The topological polar surface area (TPSA) is 72.1 Å². The largest absolute Gasteiger partial charge is 0.573 e. The van der Waals surface area contributed by atoms with Crippen molar-refractivity contribution in [1.29, 1.82) is 0 Å². The molecule has 0 bridgehead atoms. The lowest BCUT2D eigenvalue weighted by molar-refractivity contribution is -0.274. The molecule has 1 aliphatic heterocycles. The van der Waals surface area contributed by atoms with Crippen LogP contribution in [0.2, 0.25) is 0 Å². The molecule has 0 spiro atoms. The summed E-state index contributed by atoms with van der Waals surface area (Å²) in [6, 6.07) is 5.90. The van der Waals surface area contributed by atoms with Gasteiger partial charge in [-0.1, -0.05) is 26.0 Å². The highest BCUT2D eigenvalue weighted by atomic mass is 127. The monoisotopic (exact) mass is 516 g/mol. The summed E-state index contributed by atoms with van der Waals surface area (Å²) in [5.41, 5.74) is 6.67. The predicted octanol–water partition coefficient (Wildman–Crippen LogP) is 2.96. The molecule has 160 valence electrons. The van der Waals surface area contributed by atoms with Gasteiger partial charge >= 0.3 is 6.36 Å². The van der Waals surface area contributed by atoms with E-state index in [9.17, 15) is 13.2 Å². The fourth-order valence-electron chi connectivity index (χ4n) is 2.93. The van der Waals surface area contributed by atoms with Gasteiger partial charge in [0, 0.05) is 25.7 Å². The molecular formula is C18H28F3IN4O2. The van der Waals surface area contributed by atoms with Crippen molar-refractivity contribution in [3.8, 4) is 5.75 Å². The first-order valence-electron chi connectivity index (χ1n) is 8.95. The Morgan fingerprint density at radius 1 is 1.25 bits per heavy atom. The van der Waals surface area contributed by atoms with E-state index in [-0.39, 0.29) is 36.3 Å². The van der Waals surface area contributed by atoms with Crippen LogP contribution in [-0.4, -0.2) is 56.1 Å². The number of morpholine rings is 1. The van der Waals surface area contributed by atoms with E-state index in [4.69, 9.17) is 10.5 Å². The van der Waals surface area contributed by atoms with Gasteiger partial charge in [0.1, 0.15) is 5.75 Å². The van der Waals surface area contributed by atoms with Crippen LogP contribution in [0.3, 0.4) is 0 Å². The number of alkyl halides is 3. The van der Waals surface area contributed by atoms with Crippen LogP contribution < -0.4 is 15.8 Å². The summed E-state index contributed by atoms with van der Waals surface area (Å²) in [7, 11) is 0. The van der Waals surface area contributed by atoms with Crippen molar-refractivity contribution in [1.82, 2.24) is 10.2 Å². The zero-order valence-electron chi connectivity index (χ0n) is 16.0. The van der Waals surface area contributed by atoms with Gasteiger partial charge in [0.05, 0.1) is 19.8 Å². The van der Waals surface area contributed by atoms with Crippen LogP contribution in [0, 0.1) is 5.92 Å². The highest BCUT2D eigenvalue weighted by molar-refractivity contribution is 14.0. The molecule has 1 aromatic rings. The molecule has 1 fully saturated rings. The first kappa shape index (κ1) is 24.8. The summed E-state index contributed by atoms with van der Waals surface area (Å²) in [6.45, 7) is 8.54. The number of aliphatic imine (C=N–C) groups is 1. The Hall–Kier alpha value is -1.27. The molecular weight excluding hydrogens is 488 g/mol. The van der Waals surface area contributed by atoms with Gasteiger partial charge in [-0.3, -0.25) is 4.90 Å². The maximum Gasteiger partial charge on any atom is 0.573 e. The molecule has 0 radical (unpaired) electrons. The number of benzene rings is 1. The van der Waals surface area contributed by atoms with Crippen molar-refractivity contribution >= 4 is 29.9 Å². The first-order valence-corrected chi connectivity index (χ1v) is 8.95. The molecule has 0 aromatic heterocycles. The van der Waals surface area contributed by atoms with Gasteiger partial charge in [0.15, 0.2) is 5.96 Å². The lowest BCUT2D eigenvalue weighted by atomic mass is 10.0. The van der Waals surface area contributed by atoms with E-state index in [2.05, 4.69) is 33.8 Å². The van der Waals surface area contributed by atoms with E-state index in [0.717, 1.165) is 31.9 Å². The van der Waals surface area contributed by atoms with Crippen molar-refractivity contribution in [3.63, 3.8) is 0 Å². The fourth-order valence-corrected chi connectivity index (χ4v) is 2.93. The minimum atomic E-state index is -4.69. The van der Waals surface area contributed by atoms with Crippen molar-refractivity contribution < 1.29 is 22.6 Å². The standard InChI is InChI=1S/C18H27F3N4O2.HI/c1-13(2)16(25-7-9-26-10-8-25)12-24-17(22)23-11-14-3-5-15(6-4-14)27-18(19,20)21;/h3-6,13,16H,7-12H2,1-2H3,(H3,22,23,24);1H. The predicted molar refractivity (Wildman–Crippen MR) is 113 cm³/mol. The minimum Gasteiger partial charge on any atom is -0.406 e. The highest BCUT2D eigenvalue weighted by Gasteiger charge is 2.31. The third kappa shape index (κ3) is 8.82. The van der Waals surface area contributed by atoms with Gasteiger partial charge in [-0.2, -0.15) is 0 Å². The number of rotatable bonds is 7. The summed E-state index contributed by atoms with van der Waals surface area (Å²) in [4.78, 5) is 6.63. The average Bonchev–Trinajstić information content (AvgIpc) is 2.60. The Morgan fingerprint density at radius 3 is 2.39 bits per heavy atom. The van der Waals surface area contributed by atoms with Gasteiger partial charge in [-0.05, 0) is 23.6 Å². The molecule has 1 aliphatic rings. The van der Waals surface area contributed by atoms with E-state index in [1.807, 2.05) is 0 Å². The molecule has 2 rings (SSSR count). The lowest BCUT2D eigenvalue weighted by Crippen LogP contribution is -2.52. The van der Waals surface area contributed by atoms with E-state index >= 15 is 0 Å². The number of ether oxygens (including phenoxy) is 2. The molecule has 0 amide bonds. The smallest absolute Gasteiger partial charge is 0.406 e. The number of nitrogens with two attached hydrogens (primary N) is 1. The summed E-state index contributed by atoms with van der Waals surface area (Å²) < 4.78 is 45.7. The second-order valence-electron chi connectivity index (χ2n) is 6.73. The van der Waals surface area contributed by atoms with Crippen molar-refractivity contribution in [3.05, 3.63) is 29.8 Å². The SMILES string of the molecule is CC(C)C(CNC(N)=NCc1ccc(OC(F)(F)F)cc1)N1CCOCC1.I. The molecule has 1 aromatic carbocycles. The molecule has 28 heavy (non-hydrogen) atoms. The van der Waals surface area contributed by atoms with E-state index in [1.165, 1.54) is 24.3 Å². The maximum atomic E-state index is 12.2. The number of hydrogen-bond acceptors (Lipinski definition) is 4. The number of guanidine groups is 1. The lowest BCUT2D eigenvalue weighted by Gasteiger charge is -2.37. The molecule has 1 unspecified atom stereocenters. The zero-order chi connectivity index (χ0) is 19.9. The molecule has 1 heterocycles. The van der Waals surface area contributed by atoms with Crippen LogP contribution in [0.1, 0.15) is 19.4 Å². The average molecular weight is 516 g/mol. The summed E-state index contributed by atoms with van der Waals surface area (Å²) in [5.74, 6) is 0.501. The second kappa shape index (κ2) is 11.7. The fraction of sp³-hybridized carbons (Fsp3) is 0.611. The van der Waals surface area contributed by atoms with E-state index in [0.29, 0.717) is 24.5 Å². The van der Waals surface area contributed by atoms with Crippen LogP contribution in [-0.2, 0) is 11.3 Å². The third-order valence-corrected chi connectivity index (χ3v) is 4.37. The van der Waals surface area contributed by atoms with Gasteiger partial charge in [0.2, 0.25) is 0 Å². The van der Waals surface area contributed by atoms with E-state index in [1.54, 1.807) is 0 Å². The number of hydrogen-bond donors (Lipinski definition) is 2.